The lowest BCUT2D eigenvalue weighted by atomic mass is 10.1. The number of hydrogen-bond acceptors (Lipinski definition) is 4. The van der Waals surface area contributed by atoms with Crippen LogP contribution in [0.2, 0.25) is 0 Å². The molecule has 0 atom stereocenters. The number of rotatable bonds is 4. The molecule has 1 fully saturated rings. The maximum Gasteiger partial charge on any atom is 0.134 e. The first-order valence-corrected chi connectivity index (χ1v) is 8.60. The quantitative estimate of drug-likeness (QED) is 0.737. The van der Waals surface area contributed by atoms with Gasteiger partial charge in [0.2, 0.25) is 0 Å². The van der Waals surface area contributed by atoms with Crippen LogP contribution in [0.4, 0.5) is 0 Å². The Bertz CT molecular complexity index is 804. The molecule has 1 aliphatic rings. The normalized spacial score (nSPS) is 16.7. The minimum atomic E-state index is 0.904. The zero-order valence-corrected chi connectivity index (χ0v) is 14.1. The summed E-state index contributed by atoms with van der Waals surface area (Å²) in [6.07, 6.45) is 3.79. The van der Waals surface area contributed by atoms with Gasteiger partial charge in [-0.1, -0.05) is 24.3 Å². The summed E-state index contributed by atoms with van der Waals surface area (Å²) >= 11 is 0. The fraction of sp³-hybridized carbons (Fsp3) is 0.350. The SMILES string of the molecule is Cc1c(CN2CCN(Cc3cccnc3)CC2)oc2ccccc12. The van der Waals surface area contributed by atoms with Gasteiger partial charge in [0.25, 0.3) is 0 Å². The van der Waals surface area contributed by atoms with Crippen molar-refractivity contribution in [1.29, 1.82) is 0 Å². The molecule has 1 saturated heterocycles. The molecule has 2 aromatic heterocycles. The topological polar surface area (TPSA) is 32.5 Å². The van der Waals surface area contributed by atoms with Crippen LogP contribution < -0.4 is 0 Å². The van der Waals surface area contributed by atoms with E-state index in [1.165, 1.54) is 16.5 Å². The van der Waals surface area contributed by atoms with Crippen LogP contribution in [0.1, 0.15) is 16.9 Å². The van der Waals surface area contributed by atoms with Crippen molar-refractivity contribution in [1.82, 2.24) is 14.8 Å². The van der Waals surface area contributed by atoms with E-state index in [0.717, 1.165) is 50.6 Å². The zero-order valence-electron chi connectivity index (χ0n) is 14.1. The molecule has 4 nitrogen and oxygen atoms in total. The third-order valence-electron chi connectivity index (χ3n) is 4.90. The minimum Gasteiger partial charge on any atom is -0.459 e. The molecular weight excluding hydrogens is 298 g/mol. The number of nitrogens with zero attached hydrogens (tertiary/aromatic N) is 3. The highest BCUT2D eigenvalue weighted by atomic mass is 16.3. The van der Waals surface area contributed by atoms with Crippen LogP contribution in [0.3, 0.4) is 0 Å². The lowest BCUT2D eigenvalue weighted by Gasteiger charge is -2.34. The van der Waals surface area contributed by atoms with E-state index in [2.05, 4.69) is 46.0 Å². The smallest absolute Gasteiger partial charge is 0.134 e. The van der Waals surface area contributed by atoms with Gasteiger partial charge in [0.05, 0.1) is 6.54 Å². The molecule has 0 amide bonds. The average Bonchev–Trinajstić information content (AvgIpc) is 2.94. The molecule has 0 saturated carbocycles. The fourth-order valence-electron chi connectivity index (χ4n) is 3.43. The molecule has 3 aromatic rings. The van der Waals surface area contributed by atoms with Gasteiger partial charge in [0.1, 0.15) is 11.3 Å². The highest BCUT2D eigenvalue weighted by Crippen LogP contribution is 2.26. The van der Waals surface area contributed by atoms with Crippen molar-refractivity contribution in [3.63, 3.8) is 0 Å². The van der Waals surface area contributed by atoms with Gasteiger partial charge in [-0.3, -0.25) is 14.8 Å². The van der Waals surface area contributed by atoms with E-state index in [1.807, 2.05) is 24.5 Å². The van der Waals surface area contributed by atoms with E-state index in [1.54, 1.807) is 0 Å². The van der Waals surface area contributed by atoms with E-state index in [9.17, 15) is 0 Å². The molecular formula is C20H23N3O. The standard InChI is InChI=1S/C20H23N3O/c1-16-18-6-2-3-7-19(18)24-20(16)15-23-11-9-22(10-12-23)14-17-5-4-8-21-13-17/h2-8,13H,9-12,14-15H2,1H3. The van der Waals surface area contributed by atoms with Gasteiger partial charge in [-0.2, -0.15) is 0 Å². The predicted octanol–water partition coefficient (Wildman–Crippen LogP) is 3.45. The molecule has 0 N–H and O–H groups in total. The van der Waals surface area contributed by atoms with Crippen LogP contribution in [0.25, 0.3) is 11.0 Å². The molecule has 1 aliphatic heterocycles. The second-order valence-corrected chi connectivity index (χ2v) is 6.56. The number of hydrogen-bond donors (Lipinski definition) is 0. The molecule has 124 valence electrons. The first-order valence-electron chi connectivity index (χ1n) is 8.60. The lowest BCUT2D eigenvalue weighted by Crippen LogP contribution is -2.45. The average molecular weight is 321 g/mol. The molecule has 1 aromatic carbocycles. The van der Waals surface area contributed by atoms with Crippen molar-refractivity contribution in [3.05, 3.63) is 65.7 Å². The van der Waals surface area contributed by atoms with E-state index >= 15 is 0 Å². The van der Waals surface area contributed by atoms with Crippen LogP contribution >= 0.6 is 0 Å². The first kappa shape index (κ1) is 15.4. The summed E-state index contributed by atoms with van der Waals surface area (Å²) in [7, 11) is 0. The summed E-state index contributed by atoms with van der Waals surface area (Å²) in [5.74, 6) is 1.11. The highest BCUT2D eigenvalue weighted by molar-refractivity contribution is 5.81. The van der Waals surface area contributed by atoms with Crippen molar-refractivity contribution in [2.45, 2.75) is 20.0 Å². The highest BCUT2D eigenvalue weighted by Gasteiger charge is 2.19. The summed E-state index contributed by atoms with van der Waals surface area (Å²) in [6.45, 7) is 8.41. The van der Waals surface area contributed by atoms with Crippen LogP contribution in [0.15, 0.2) is 53.2 Å². The molecule has 4 rings (SSSR count). The second-order valence-electron chi connectivity index (χ2n) is 6.56. The Morgan fingerprint density at radius 2 is 1.71 bits per heavy atom. The number of pyridine rings is 1. The monoisotopic (exact) mass is 321 g/mol. The Kier molecular flexibility index (Phi) is 4.32. The summed E-state index contributed by atoms with van der Waals surface area (Å²) in [4.78, 5) is 9.19. The number of para-hydroxylation sites is 1. The van der Waals surface area contributed by atoms with Crippen molar-refractivity contribution >= 4 is 11.0 Å². The van der Waals surface area contributed by atoms with Gasteiger partial charge in [0.15, 0.2) is 0 Å². The van der Waals surface area contributed by atoms with Gasteiger partial charge < -0.3 is 4.42 Å². The molecule has 0 unspecified atom stereocenters. The van der Waals surface area contributed by atoms with Crippen molar-refractivity contribution < 1.29 is 4.42 Å². The van der Waals surface area contributed by atoms with Crippen molar-refractivity contribution in [2.24, 2.45) is 0 Å². The number of aryl methyl sites for hydroxylation is 1. The Morgan fingerprint density at radius 1 is 0.958 bits per heavy atom. The Morgan fingerprint density at radius 3 is 2.42 bits per heavy atom. The van der Waals surface area contributed by atoms with Gasteiger partial charge in [-0.05, 0) is 30.2 Å². The summed E-state index contributed by atoms with van der Waals surface area (Å²) < 4.78 is 6.06. The van der Waals surface area contributed by atoms with Gasteiger partial charge in [0, 0.05) is 50.5 Å². The summed E-state index contributed by atoms with van der Waals surface area (Å²) in [6, 6.07) is 12.5. The molecule has 0 spiro atoms. The molecule has 0 bridgehead atoms. The van der Waals surface area contributed by atoms with Crippen LogP contribution in [-0.2, 0) is 13.1 Å². The van der Waals surface area contributed by atoms with Crippen LogP contribution in [-0.4, -0.2) is 41.0 Å². The van der Waals surface area contributed by atoms with E-state index in [-0.39, 0.29) is 0 Å². The number of piperazine rings is 1. The summed E-state index contributed by atoms with van der Waals surface area (Å²) in [5, 5.41) is 1.24. The zero-order chi connectivity index (χ0) is 16.4. The maximum atomic E-state index is 6.06. The number of aromatic nitrogens is 1. The van der Waals surface area contributed by atoms with Gasteiger partial charge in [-0.15, -0.1) is 0 Å². The Balaban J connectivity index is 1.36. The Hall–Kier alpha value is -2.17. The van der Waals surface area contributed by atoms with Crippen molar-refractivity contribution in [3.8, 4) is 0 Å². The number of benzene rings is 1. The Labute approximate surface area is 142 Å². The van der Waals surface area contributed by atoms with Gasteiger partial charge >= 0.3 is 0 Å². The molecule has 0 aliphatic carbocycles. The van der Waals surface area contributed by atoms with E-state index in [0.29, 0.717) is 0 Å². The third kappa shape index (κ3) is 3.21. The second kappa shape index (κ2) is 6.75. The van der Waals surface area contributed by atoms with E-state index in [4.69, 9.17) is 4.42 Å². The molecule has 24 heavy (non-hydrogen) atoms. The van der Waals surface area contributed by atoms with E-state index < -0.39 is 0 Å². The largest absolute Gasteiger partial charge is 0.459 e. The maximum absolute atomic E-state index is 6.06. The predicted molar refractivity (Wildman–Crippen MR) is 95.7 cm³/mol. The number of furan rings is 1. The molecule has 0 radical (unpaired) electrons. The summed E-state index contributed by atoms with van der Waals surface area (Å²) in [5.41, 5.74) is 3.57. The fourth-order valence-corrected chi connectivity index (χ4v) is 3.43. The third-order valence-corrected chi connectivity index (χ3v) is 4.90. The molecule has 3 heterocycles. The van der Waals surface area contributed by atoms with Crippen LogP contribution in [0, 0.1) is 6.92 Å². The van der Waals surface area contributed by atoms with Gasteiger partial charge in [-0.25, -0.2) is 0 Å². The van der Waals surface area contributed by atoms with Crippen molar-refractivity contribution in [2.75, 3.05) is 26.2 Å². The van der Waals surface area contributed by atoms with Crippen LogP contribution in [0.5, 0.6) is 0 Å². The molecule has 4 heteroatoms. The lowest BCUT2D eigenvalue weighted by molar-refractivity contribution is 0.116. The minimum absolute atomic E-state index is 0.904. The number of fused-ring (bicyclic) bond motifs is 1. The first-order chi connectivity index (χ1) is 11.8.